The number of carbonyl (C=O) groups is 1. The minimum absolute atomic E-state index is 0.0177. The summed E-state index contributed by atoms with van der Waals surface area (Å²) in [5.41, 5.74) is -0.0177. The van der Waals surface area contributed by atoms with E-state index in [-0.39, 0.29) is 29.4 Å². The fraction of sp³-hybridized carbons (Fsp3) is 0.316. The van der Waals surface area contributed by atoms with Gasteiger partial charge in [0, 0.05) is 18.1 Å². The Kier molecular flexibility index (Phi) is 6.63. The van der Waals surface area contributed by atoms with Gasteiger partial charge in [-0.05, 0) is 49.4 Å². The van der Waals surface area contributed by atoms with Crippen molar-refractivity contribution < 1.29 is 27.8 Å². The molecule has 2 aromatic rings. The fourth-order valence-corrected chi connectivity index (χ4v) is 4.28. The molecule has 0 spiro atoms. The van der Waals surface area contributed by atoms with Gasteiger partial charge in [0.15, 0.2) is 6.10 Å². The van der Waals surface area contributed by atoms with Crippen LogP contribution < -0.4 is 10.1 Å². The number of hydrogen-bond acceptors (Lipinski definition) is 6. The highest BCUT2D eigenvalue weighted by atomic mass is 35.5. The molecular weight excluding hydrogens is 420 g/mol. The maximum atomic E-state index is 12.8. The van der Waals surface area contributed by atoms with Crippen molar-refractivity contribution in [3.8, 4) is 11.5 Å². The number of aromatic hydroxyl groups is 1. The molecule has 0 unspecified atom stereocenters. The number of morpholine rings is 1. The third kappa shape index (κ3) is 5.18. The van der Waals surface area contributed by atoms with Gasteiger partial charge in [0.05, 0.1) is 23.8 Å². The van der Waals surface area contributed by atoms with E-state index in [1.807, 2.05) is 0 Å². The van der Waals surface area contributed by atoms with Gasteiger partial charge in [-0.25, -0.2) is 8.42 Å². The number of benzene rings is 2. The first-order chi connectivity index (χ1) is 13.8. The van der Waals surface area contributed by atoms with Crippen molar-refractivity contribution in [3.05, 3.63) is 47.5 Å². The van der Waals surface area contributed by atoms with Crippen LogP contribution >= 0.6 is 11.6 Å². The second-order valence-electron chi connectivity index (χ2n) is 6.40. The fourth-order valence-electron chi connectivity index (χ4n) is 2.72. The highest BCUT2D eigenvalue weighted by Crippen LogP contribution is 2.28. The molecule has 0 aliphatic carbocycles. The van der Waals surface area contributed by atoms with Gasteiger partial charge >= 0.3 is 0 Å². The Labute approximate surface area is 174 Å². The molecule has 0 saturated carbocycles. The summed E-state index contributed by atoms with van der Waals surface area (Å²) in [5, 5.41) is 13.1. The molecule has 1 heterocycles. The summed E-state index contributed by atoms with van der Waals surface area (Å²) in [5.74, 6) is -0.348. The Hall–Kier alpha value is -2.33. The minimum atomic E-state index is -3.76. The van der Waals surface area contributed by atoms with Gasteiger partial charge in [0.25, 0.3) is 5.91 Å². The van der Waals surface area contributed by atoms with Gasteiger partial charge in [0.2, 0.25) is 10.0 Å². The van der Waals surface area contributed by atoms with Crippen LogP contribution in [0.4, 0.5) is 5.69 Å². The summed E-state index contributed by atoms with van der Waals surface area (Å²) >= 11 is 5.82. The van der Waals surface area contributed by atoms with Gasteiger partial charge in [-0.2, -0.15) is 4.31 Å². The van der Waals surface area contributed by atoms with Gasteiger partial charge in [-0.15, -0.1) is 0 Å². The average Bonchev–Trinajstić information content (AvgIpc) is 2.71. The van der Waals surface area contributed by atoms with Crippen molar-refractivity contribution in [2.45, 2.75) is 17.9 Å². The van der Waals surface area contributed by atoms with Crippen LogP contribution in [-0.2, 0) is 19.6 Å². The smallest absolute Gasteiger partial charge is 0.265 e. The molecule has 1 atom stereocenters. The van der Waals surface area contributed by atoms with Crippen LogP contribution in [-0.4, -0.2) is 56.1 Å². The standard InChI is InChI=1S/C19H21ClN2O6S/c1-13(28-15-4-2-14(20)3-5-15)19(24)21-17-12-16(6-7-18(17)23)29(25,26)22-8-10-27-11-9-22/h2-7,12-13,23H,8-11H2,1H3,(H,21,24)/t13-/m1/s1. The quantitative estimate of drug-likeness (QED) is 0.668. The van der Waals surface area contributed by atoms with E-state index in [1.54, 1.807) is 24.3 Å². The van der Waals surface area contributed by atoms with E-state index in [0.29, 0.717) is 24.0 Å². The molecule has 29 heavy (non-hydrogen) atoms. The zero-order valence-corrected chi connectivity index (χ0v) is 17.2. The Balaban J connectivity index is 1.73. The van der Waals surface area contributed by atoms with E-state index < -0.39 is 22.0 Å². The monoisotopic (exact) mass is 440 g/mol. The lowest BCUT2D eigenvalue weighted by atomic mass is 10.2. The summed E-state index contributed by atoms with van der Waals surface area (Å²) in [6.45, 7) is 2.67. The van der Waals surface area contributed by atoms with Crippen molar-refractivity contribution >= 4 is 33.2 Å². The Morgan fingerprint density at radius 2 is 1.86 bits per heavy atom. The molecule has 8 nitrogen and oxygen atoms in total. The normalized spacial score (nSPS) is 16.2. The molecule has 0 aromatic heterocycles. The molecule has 1 amide bonds. The number of nitrogens with one attached hydrogen (secondary N) is 1. The lowest BCUT2D eigenvalue weighted by molar-refractivity contribution is -0.122. The molecule has 1 aliphatic rings. The maximum Gasteiger partial charge on any atom is 0.265 e. The third-order valence-corrected chi connectivity index (χ3v) is 6.48. The Morgan fingerprint density at radius 3 is 2.52 bits per heavy atom. The van der Waals surface area contributed by atoms with Crippen molar-refractivity contribution in [2.24, 2.45) is 0 Å². The number of halogens is 1. The number of amides is 1. The van der Waals surface area contributed by atoms with Gasteiger partial charge < -0.3 is 19.9 Å². The van der Waals surface area contributed by atoms with Crippen LogP contribution in [0, 0.1) is 0 Å². The molecule has 156 valence electrons. The Bertz CT molecular complexity index is 975. The molecule has 1 aliphatic heterocycles. The maximum absolute atomic E-state index is 12.8. The second kappa shape index (κ2) is 9.00. The van der Waals surface area contributed by atoms with Crippen LogP contribution in [0.25, 0.3) is 0 Å². The number of nitrogens with zero attached hydrogens (tertiary/aromatic N) is 1. The van der Waals surface area contributed by atoms with Gasteiger partial charge in [0.1, 0.15) is 11.5 Å². The van der Waals surface area contributed by atoms with Crippen LogP contribution in [0.5, 0.6) is 11.5 Å². The molecule has 1 fully saturated rings. The molecule has 0 radical (unpaired) electrons. The molecule has 10 heteroatoms. The number of anilines is 1. The van der Waals surface area contributed by atoms with Crippen molar-refractivity contribution in [1.29, 1.82) is 0 Å². The molecule has 0 bridgehead atoms. The van der Waals surface area contributed by atoms with E-state index in [4.69, 9.17) is 21.1 Å². The van der Waals surface area contributed by atoms with Crippen molar-refractivity contribution in [1.82, 2.24) is 4.31 Å². The lowest BCUT2D eigenvalue weighted by Crippen LogP contribution is -2.40. The number of ether oxygens (including phenoxy) is 2. The summed E-state index contributed by atoms with van der Waals surface area (Å²) in [6.07, 6.45) is -0.893. The summed E-state index contributed by atoms with van der Waals surface area (Å²) < 4.78 is 37.6. The van der Waals surface area contributed by atoms with E-state index in [1.165, 1.54) is 29.4 Å². The zero-order valence-electron chi connectivity index (χ0n) is 15.7. The average molecular weight is 441 g/mol. The van der Waals surface area contributed by atoms with Crippen LogP contribution in [0.3, 0.4) is 0 Å². The van der Waals surface area contributed by atoms with E-state index in [9.17, 15) is 18.3 Å². The van der Waals surface area contributed by atoms with Crippen LogP contribution in [0.1, 0.15) is 6.92 Å². The van der Waals surface area contributed by atoms with E-state index in [0.717, 1.165) is 0 Å². The molecular formula is C19H21ClN2O6S. The number of carbonyl (C=O) groups excluding carboxylic acids is 1. The summed E-state index contributed by atoms with van der Waals surface area (Å²) in [4.78, 5) is 12.4. The largest absolute Gasteiger partial charge is 0.506 e. The number of rotatable bonds is 6. The Morgan fingerprint density at radius 1 is 1.21 bits per heavy atom. The minimum Gasteiger partial charge on any atom is -0.506 e. The predicted octanol–water partition coefficient (Wildman–Crippen LogP) is 2.47. The van der Waals surface area contributed by atoms with Crippen molar-refractivity contribution in [3.63, 3.8) is 0 Å². The molecule has 1 saturated heterocycles. The first-order valence-corrected chi connectivity index (χ1v) is 10.7. The number of hydrogen-bond donors (Lipinski definition) is 2. The van der Waals surface area contributed by atoms with Gasteiger partial charge in [-0.1, -0.05) is 11.6 Å². The number of phenols is 1. The van der Waals surface area contributed by atoms with Crippen molar-refractivity contribution in [2.75, 3.05) is 31.6 Å². The summed E-state index contributed by atoms with van der Waals surface area (Å²) in [6, 6.07) is 10.3. The lowest BCUT2D eigenvalue weighted by Gasteiger charge is -2.26. The predicted molar refractivity (Wildman–Crippen MR) is 108 cm³/mol. The second-order valence-corrected chi connectivity index (χ2v) is 8.77. The molecule has 2 aromatic carbocycles. The van der Waals surface area contributed by atoms with E-state index in [2.05, 4.69) is 5.32 Å². The molecule has 2 N–H and O–H groups in total. The number of phenolic OH excluding ortho intramolecular Hbond substituents is 1. The molecule has 3 rings (SSSR count). The third-order valence-electron chi connectivity index (χ3n) is 4.33. The first-order valence-electron chi connectivity index (χ1n) is 8.91. The zero-order chi connectivity index (χ0) is 21.0. The van der Waals surface area contributed by atoms with Gasteiger partial charge in [-0.3, -0.25) is 4.79 Å². The SMILES string of the molecule is C[C@@H](Oc1ccc(Cl)cc1)C(=O)Nc1cc(S(=O)(=O)N2CCOCC2)ccc1O. The van der Waals surface area contributed by atoms with Crippen LogP contribution in [0.15, 0.2) is 47.4 Å². The summed E-state index contributed by atoms with van der Waals surface area (Å²) in [7, 11) is -3.76. The topological polar surface area (TPSA) is 105 Å². The first kappa shape index (κ1) is 21.4. The van der Waals surface area contributed by atoms with Crippen LogP contribution in [0.2, 0.25) is 5.02 Å². The van der Waals surface area contributed by atoms with E-state index >= 15 is 0 Å². The highest BCUT2D eigenvalue weighted by molar-refractivity contribution is 7.89. The number of sulfonamides is 1. The highest BCUT2D eigenvalue weighted by Gasteiger charge is 2.27.